The van der Waals surface area contributed by atoms with Crippen LogP contribution >= 0.6 is 0 Å². The van der Waals surface area contributed by atoms with Crippen molar-refractivity contribution in [1.82, 2.24) is 21.3 Å². The predicted octanol–water partition coefficient (Wildman–Crippen LogP) is 1.85. The Morgan fingerprint density at radius 1 is 1.00 bits per heavy atom. The average molecular weight is 499 g/mol. The van der Waals surface area contributed by atoms with Crippen molar-refractivity contribution < 1.29 is 29.0 Å². The van der Waals surface area contributed by atoms with Crippen LogP contribution in [0.25, 0.3) is 0 Å². The highest BCUT2D eigenvalue weighted by molar-refractivity contribution is 5.92. The van der Waals surface area contributed by atoms with Gasteiger partial charge in [0, 0.05) is 12.5 Å². The summed E-state index contributed by atoms with van der Waals surface area (Å²) in [5.74, 6) is -1.32. The van der Waals surface area contributed by atoms with Gasteiger partial charge in [-0.15, -0.1) is 0 Å². The molecule has 1 saturated heterocycles. The summed E-state index contributed by atoms with van der Waals surface area (Å²) >= 11 is 0. The van der Waals surface area contributed by atoms with Gasteiger partial charge in [-0.3, -0.25) is 14.4 Å². The number of hydrogen-bond donors (Lipinski definition) is 5. The van der Waals surface area contributed by atoms with Gasteiger partial charge in [-0.25, -0.2) is 4.79 Å². The number of rotatable bonds is 9. The van der Waals surface area contributed by atoms with Crippen LogP contribution in [-0.4, -0.2) is 65.8 Å². The zero-order valence-corrected chi connectivity index (χ0v) is 22.8. The summed E-state index contributed by atoms with van der Waals surface area (Å²) in [6.07, 6.45) is 0.571. The lowest BCUT2D eigenvalue weighted by Gasteiger charge is -2.34. The molecule has 0 spiro atoms. The minimum atomic E-state index is -0.955. The summed E-state index contributed by atoms with van der Waals surface area (Å²) in [5.41, 5.74) is -1.69. The van der Waals surface area contributed by atoms with Crippen LogP contribution < -0.4 is 21.3 Å². The molecule has 4 atom stereocenters. The van der Waals surface area contributed by atoms with E-state index in [9.17, 15) is 24.3 Å². The van der Waals surface area contributed by atoms with Crippen molar-refractivity contribution in [3.8, 4) is 0 Å². The molecule has 4 amide bonds. The lowest BCUT2D eigenvalue weighted by atomic mass is 9.84. The summed E-state index contributed by atoms with van der Waals surface area (Å²) in [7, 11) is 0. The van der Waals surface area contributed by atoms with Gasteiger partial charge in [0.1, 0.15) is 17.7 Å². The fourth-order valence-electron chi connectivity index (χ4n) is 3.87. The molecule has 0 aromatic heterocycles. The minimum absolute atomic E-state index is 0.0847. The second-order valence-corrected chi connectivity index (χ2v) is 12.7. The molecule has 1 fully saturated rings. The molecule has 1 heterocycles. The lowest BCUT2D eigenvalue weighted by Crippen LogP contribution is -2.59. The molecular weight excluding hydrogens is 452 g/mol. The van der Waals surface area contributed by atoms with Crippen molar-refractivity contribution in [3.05, 3.63) is 0 Å². The van der Waals surface area contributed by atoms with Gasteiger partial charge in [-0.2, -0.15) is 0 Å². The van der Waals surface area contributed by atoms with Crippen LogP contribution in [0.5, 0.6) is 0 Å². The van der Waals surface area contributed by atoms with Crippen molar-refractivity contribution in [3.63, 3.8) is 0 Å². The number of carbonyl (C=O) groups is 4. The number of amides is 4. The quantitative estimate of drug-likeness (QED) is 0.328. The highest BCUT2D eigenvalue weighted by Gasteiger charge is 2.37. The molecule has 1 aliphatic rings. The van der Waals surface area contributed by atoms with E-state index < -0.39 is 47.0 Å². The van der Waals surface area contributed by atoms with E-state index in [0.29, 0.717) is 25.8 Å². The standard InChI is InChI=1S/C25H46N4O6/c1-23(2,3)13-17(20(32)27-16(14-30)12-15-10-11-26-19(15)31)28-21(33)18(24(4,5)6)29-22(34)35-25(7,8)9/h15-18,30H,10-14H2,1-9H3,(H,26,31)(H,27,32)(H,28,33)(H,29,34)/t15-,16?,17-,18+/m0/s1. The second-order valence-electron chi connectivity index (χ2n) is 12.7. The van der Waals surface area contributed by atoms with Crippen molar-refractivity contribution in [2.45, 2.75) is 105 Å². The zero-order chi connectivity index (χ0) is 27.2. The summed E-state index contributed by atoms with van der Waals surface area (Å²) in [6.45, 7) is 16.7. The maximum absolute atomic E-state index is 13.3. The van der Waals surface area contributed by atoms with E-state index in [2.05, 4.69) is 21.3 Å². The Kier molecular flexibility index (Phi) is 10.6. The van der Waals surface area contributed by atoms with Gasteiger partial charge < -0.3 is 31.1 Å². The van der Waals surface area contributed by atoms with Crippen molar-refractivity contribution in [2.75, 3.05) is 13.2 Å². The number of aliphatic hydroxyl groups is 1. The van der Waals surface area contributed by atoms with Gasteiger partial charge >= 0.3 is 6.09 Å². The van der Waals surface area contributed by atoms with Crippen LogP contribution in [0.1, 0.15) is 81.6 Å². The monoisotopic (exact) mass is 498 g/mol. The summed E-state index contributed by atoms with van der Waals surface area (Å²) < 4.78 is 5.32. The molecule has 0 radical (unpaired) electrons. The first-order chi connectivity index (χ1) is 15.8. The predicted molar refractivity (Wildman–Crippen MR) is 133 cm³/mol. The Morgan fingerprint density at radius 2 is 1.60 bits per heavy atom. The molecule has 202 valence electrons. The normalized spacial score (nSPS) is 19.3. The molecule has 10 nitrogen and oxygen atoms in total. The van der Waals surface area contributed by atoms with E-state index in [0.717, 1.165) is 0 Å². The summed E-state index contributed by atoms with van der Waals surface area (Å²) in [6, 6.07) is -2.48. The fraction of sp³-hybridized carbons (Fsp3) is 0.840. The number of hydrogen-bond acceptors (Lipinski definition) is 6. The van der Waals surface area contributed by atoms with E-state index in [1.165, 1.54) is 0 Å². The lowest BCUT2D eigenvalue weighted by molar-refractivity contribution is -0.132. The molecule has 5 N–H and O–H groups in total. The first kappa shape index (κ1) is 30.7. The van der Waals surface area contributed by atoms with Crippen LogP contribution in [0, 0.1) is 16.7 Å². The summed E-state index contributed by atoms with van der Waals surface area (Å²) in [4.78, 5) is 50.8. The van der Waals surface area contributed by atoms with Crippen LogP contribution in [0.2, 0.25) is 0 Å². The maximum atomic E-state index is 13.3. The number of carbonyl (C=O) groups excluding carboxylic acids is 4. The first-order valence-corrected chi connectivity index (χ1v) is 12.3. The van der Waals surface area contributed by atoms with Gasteiger partial charge in [0.05, 0.1) is 12.6 Å². The third-order valence-corrected chi connectivity index (χ3v) is 5.54. The Hall–Kier alpha value is -2.36. The van der Waals surface area contributed by atoms with Crippen LogP contribution in [-0.2, 0) is 19.1 Å². The molecule has 0 saturated carbocycles. The number of nitrogens with one attached hydrogen (secondary N) is 4. The van der Waals surface area contributed by atoms with E-state index in [4.69, 9.17) is 4.74 Å². The first-order valence-electron chi connectivity index (χ1n) is 12.3. The third kappa shape index (κ3) is 11.3. The van der Waals surface area contributed by atoms with Crippen molar-refractivity contribution in [1.29, 1.82) is 0 Å². The van der Waals surface area contributed by atoms with Crippen LogP contribution in [0.3, 0.4) is 0 Å². The topological polar surface area (TPSA) is 146 Å². The Morgan fingerprint density at radius 3 is 2.03 bits per heavy atom. The van der Waals surface area contributed by atoms with Crippen molar-refractivity contribution >= 4 is 23.8 Å². The van der Waals surface area contributed by atoms with Crippen LogP contribution in [0.4, 0.5) is 4.79 Å². The zero-order valence-electron chi connectivity index (χ0n) is 22.8. The largest absolute Gasteiger partial charge is 0.444 e. The highest BCUT2D eigenvalue weighted by atomic mass is 16.6. The molecule has 0 aliphatic carbocycles. The van der Waals surface area contributed by atoms with E-state index in [1.54, 1.807) is 20.8 Å². The molecule has 0 aromatic rings. The molecule has 0 aromatic carbocycles. The van der Waals surface area contributed by atoms with Crippen LogP contribution in [0.15, 0.2) is 0 Å². The minimum Gasteiger partial charge on any atom is -0.444 e. The number of aliphatic hydroxyl groups excluding tert-OH is 1. The van der Waals surface area contributed by atoms with Gasteiger partial charge in [0.15, 0.2) is 0 Å². The number of alkyl carbamates (subject to hydrolysis) is 1. The number of ether oxygens (including phenoxy) is 1. The molecule has 0 bridgehead atoms. The Bertz CT molecular complexity index is 763. The molecule has 1 unspecified atom stereocenters. The molecule has 35 heavy (non-hydrogen) atoms. The average Bonchev–Trinajstić information content (AvgIpc) is 3.06. The summed E-state index contributed by atoms with van der Waals surface area (Å²) in [5, 5.41) is 20.8. The van der Waals surface area contributed by atoms with Crippen molar-refractivity contribution in [2.24, 2.45) is 16.7 Å². The molecule has 1 rings (SSSR count). The molecule has 1 aliphatic heterocycles. The smallest absolute Gasteiger partial charge is 0.408 e. The second kappa shape index (κ2) is 12.1. The maximum Gasteiger partial charge on any atom is 0.408 e. The van der Waals surface area contributed by atoms with Gasteiger partial charge in [-0.05, 0) is 50.9 Å². The third-order valence-electron chi connectivity index (χ3n) is 5.54. The highest BCUT2D eigenvalue weighted by Crippen LogP contribution is 2.24. The SMILES string of the molecule is CC(C)(C)C[C@H](NC(=O)[C@@H](NC(=O)OC(C)(C)C)C(C)(C)C)C(=O)NC(CO)C[C@@H]1CCNC1=O. The Balaban J connectivity index is 3.01. The van der Waals surface area contributed by atoms with Gasteiger partial charge in [0.2, 0.25) is 17.7 Å². The Labute approximate surface area is 209 Å². The van der Waals surface area contributed by atoms with Gasteiger partial charge in [-0.1, -0.05) is 41.5 Å². The van der Waals surface area contributed by atoms with E-state index >= 15 is 0 Å². The fourth-order valence-corrected chi connectivity index (χ4v) is 3.87. The van der Waals surface area contributed by atoms with E-state index in [-0.39, 0.29) is 23.8 Å². The molecular formula is C25H46N4O6. The van der Waals surface area contributed by atoms with Gasteiger partial charge in [0.25, 0.3) is 0 Å². The molecule has 10 heteroatoms. The van der Waals surface area contributed by atoms with E-state index in [1.807, 2.05) is 41.5 Å².